The highest BCUT2D eigenvalue weighted by Crippen LogP contribution is 2.42. The molecule has 1 aliphatic carbocycles. The molecule has 7 nitrogen and oxygen atoms in total. The van der Waals surface area contributed by atoms with Crippen LogP contribution in [0.4, 0.5) is 4.39 Å². The second kappa shape index (κ2) is 9.19. The van der Waals surface area contributed by atoms with Crippen LogP contribution in [0.1, 0.15) is 55.8 Å². The van der Waals surface area contributed by atoms with Crippen molar-refractivity contribution in [1.82, 2.24) is 14.1 Å². The number of rotatable bonds is 6. The molecule has 0 bridgehead atoms. The van der Waals surface area contributed by atoms with Gasteiger partial charge in [0.05, 0.1) is 28.6 Å². The highest BCUT2D eigenvalue weighted by atomic mass is 35.5. The van der Waals surface area contributed by atoms with Gasteiger partial charge in [0.25, 0.3) is 0 Å². The summed E-state index contributed by atoms with van der Waals surface area (Å²) in [4.78, 5) is 11.7. The predicted molar refractivity (Wildman–Crippen MR) is 131 cm³/mol. The molecule has 1 saturated carbocycles. The fourth-order valence-corrected chi connectivity index (χ4v) is 7.47. The maximum absolute atomic E-state index is 15.3. The van der Waals surface area contributed by atoms with Gasteiger partial charge in [0.1, 0.15) is 5.82 Å². The zero-order valence-electron chi connectivity index (χ0n) is 19.3. The van der Waals surface area contributed by atoms with Crippen LogP contribution >= 0.6 is 11.6 Å². The van der Waals surface area contributed by atoms with E-state index in [2.05, 4.69) is 5.10 Å². The van der Waals surface area contributed by atoms with Gasteiger partial charge < -0.3 is 5.11 Å². The van der Waals surface area contributed by atoms with Crippen molar-refractivity contribution in [2.45, 2.75) is 55.9 Å². The van der Waals surface area contributed by atoms with Crippen molar-refractivity contribution in [2.24, 2.45) is 5.92 Å². The Labute approximate surface area is 208 Å². The number of nitrogens with zero attached hydrogens (tertiary/aromatic N) is 3. The van der Waals surface area contributed by atoms with Crippen LogP contribution in [0.5, 0.6) is 0 Å². The molecule has 2 heterocycles. The smallest absolute Gasteiger partial charge is 0.309 e. The Morgan fingerprint density at radius 3 is 2.63 bits per heavy atom. The molecule has 1 N–H and O–H groups in total. The molecular formula is C25H27ClFN3O4S. The molecule has 1 aromatic heterocycles. The molecule has 1 aliphatic heterocycles. The van der Waals surface area contributed by atoms with Crippen LogP contribution < -0.4 is 0 Å². The number of sulfonamides is 1. The van der Waals surface area contributed by atoms with Crippen LogP contribution in [-0.2, 0) is 21.2 Å². The molecule has 2 aromatic carbocycles. The van der Waals surface area contributed by atoms with Crippen LogP contribution in [0, 0.1) is 11.7 Å². The van der Waals surface area contributed by atoms with E-state index < -0.39 is 16.0 Å². The number of benzene rings is 2. The molecule has 10 heteroatoms. The van der Waals surface area contributed by atoms with E-state index in [4.69, 9.17) is 11.6 Å². The van der Waals surface area contributed by atoms with Gasteiger partial charge in [-0.2, -0.15) is 9.40 Å². The third-order valence-electron chi connectivity index (χ3n) is 7.30. The van der Waals surface area contributed by atoms with Gasteiger partial charge in [0.2, 0.25) is 10.0 Å². The first-order valence-corrected chi connectivity index (χ1v) is 13.7. The topological polar surface area (TPSA) is 92.5 Å². The normalized spacial score (nSPS) is 21.8. The van der Waals surface area contributed by atoms with Gasteiger partial charge in [0.15, 0.2) is 0 Å². The molecule has 2 aliphatic rings. The SMILES string of the molecule is C[C@@H]1CN(S(=O)(=O)c2cccc(Cl)c2)C[C@@H]1n1nc(CC(=O)O)c2ccc(F)c(C3CCCC3)c21. The summed E-state index contributed by atoms with van der Waals surface area (Å²) in [5, 5.41) is 15.1. The van der Waals surface area contributed by atoms with Crippen LogP contribution in [0.15, 0.2) is 41.3 Å². The summed E-state index contributed by atoms with van der Waals surface area (Å²) in [6.45, 7) is 2.36. The average molecular weight is 520 g/mol. The number of aliphatic carboxylic acids is 1. The lowest BCUT2D eigenvalue weighted by Gasteiger charge is -2.20. The lowest BCUT2D eigenvalue weighted by Crippen LogP contribution is -2.29. The molecule has 5 rings (SSSR count). The number of halogens is 2. The van der Waals surface area contributed by atoms with Crippen molar-refractivity contribution >= 4 is 38.5 Å². The third-order valence-corrected chi connectivity index (χ3v) is 9.36. The van der Waals surface area contributed by atoms with Gasteiger partial charge in [-0.05, 0) is 55.0 Å². The highest BCUT2D eigenvalue weighted by Gasteiger charge is 2.40. The molecule has 0 amide bonds. The number of carboxylic acid groups (broad SMARTS) is 1. The predicted octanol–water partition coefficient (Wildman–Crippen LogP) is 5.00. The first kappa shape index (κ1) is 24.2. The largest absolute Gasteiger partial charge is 0.481 e. The number of carbonyl (C=O) groups is 1. The van der Waals surface area contributed by atoms with Crippen molar-refractivity contribution in [3.63, 3.8) is 0 Å². The number of fused-ring (bicyclic) bond motifs is 1. The molecule has 35 heavy (non-hydrogen) atoms. The Morgan fingerprint density at radius 1 is 1.20 bits per heavy atom. The van der Waals surface area contributed by atoms with Gasteiger partial charge in [-0.1, -0.05) is 37.4 Å². The summed E-state index contributed by atoms with van der Waals surface area (Å²) in [5.74, 6) is -1.42. The van der Waals surface area contributed by atoms with E-state index in [0.717, 1.165) is 25.7 Å². The van der Waals surface area contributed by atoms with E-state index in [1.165, 1.54) is 22.5 Å². The molecule has 3 aromatic rings. The number of carboxylic acids is 1. The van der Waals surface area contributed by atoms with Gasteiger partial charge in [-0.3, -0.25) is 9.48 Å². The minimum absolute atomic E-state index is 0.0369. The van der Waals surface area contributed by atoms with Crippen LogP contribution in [0.3, 0.4) is 0 Å². The number of hydrogen-bond donors (Lipinski definition) is 1. The molecular weight excluding hydrogens is 493 g/mol. The molecule has 2 atom stereocenters. The Hall–Kier alpha value is -2.49. The summed E-state index contributed by atoms with van der Waals surface area (Å²) < 4.78 is 45.1. The maximum Gasteiger partial charge on any atom is 0.309 e. The van der Waals surface area contributed by atoms with Crippen molar-refractivity contribution in [3.8, 4) is 0 Å². The van der Waals surface area contributed by atoms with Gasteiger partial charge in [0, 0.05) is 29.1 Å². The van der Waals surface area contributed by atoms with Gasteiger partial charge >= 0.3 is 5.97 Å². The van der Waals surface area contributed by atoms with Crippen LogP contribution in [0.2, 0.25) is 5.02 Å². The third kappa shape index (κ3) is 4.34. The summed E-state index contributed by atoms with van der Waals surface area (Å²) in [5.41, 5.74) is 1.55. The summed E-state index contributed by atoms with van der Waals surface area (Å²) in [7, 11) is -3.79. The van der Waals surface area contributed by atoms with E-state index >= 15 is 4.39 Å². The van der Waals surface area contributed by atoms with Crippen molar-refractivity contribution in [3.05, 3.63) is 58.5 Å². The summed E-state index contributed by atoms with van der Waals surface area (Å²) in [6.07, 6.45) is 3.48. The lowest BCUT2D eigenvalue weighted by atomic mass is 9.93. The van der Waals surface area contributed by atoms with Gasteiger partial charge in [-0.15, -0.1) is 0 Å². The lowest BCUT2D eigenvalue weighted by molar-refractivity contribution is -0.136. The van der Waals surface area contributed by atoms with Crippen molar-refractivity contribution in [2.75, 3.05) is 13.1 Å². The Bertz CT molecular complexity index is 1400. The zero-order valence-corrected chi connectivity index (χ0v) is 20.9. The first-order chi connectivity index (χ1) is 16.7. The monoisotopic (exact) mass is 519 g/mol. The second-order valence-electron chi connectivity index (χ2n) is 9.62. The Balaban J connectivity index is 1.61. The summed E-state index contributed by atoms with van der Waals surface area (Å²) >= 11 is 6.03. The van der Waals surface area contributed by atoms with E-state index in [0.29, 0.717) is 27.2 Å². The standard InChI is InChI=1S/C25H27ClFN3O4S/c1-15-13-29(35(33,34)18-8-4-7-17(26)11-18)14-22(15)30-25-19(21(28-30)12-23(31)32)9-10-20(27)24(25)16-5-2-3-6-16/h4,7-11,15-16,22H,2-3,5-6,12-14H2,1H3,(H,31,32)/t15-,22+/m1/s1. The second-order valence-corrected chi connectivity index (χ2v) is 12.0. The molecule has 0 unspecified atom stereocenters. The van der Waals surface area contributed by atoms with E-state index in [9.17, 15) is 18.3 Å². The fourth-order valence-electron chi connectivity index (χ4n) is 5.61. The molecule has 0 spiro atoms. The first-order valence-electron chi connectivity index (χ1n) is 11.8. The van der Waals surface area contributed by atoms with Crippen LogP contribution in [0.25, 0.3) is 10.9 Å². The Kier molecular flexibility index (Phi) is 6.35. The molecule has 0 radical (unpaired) electrons. The van der Waals surface area contributed by atoms with Gasteiger partial charge in [-0.25, -0.2) is 12.8 Å². The van der Waals surface area contributed by atoms with Crippen molar-refractivity contribution in [1.29, 1.82) is 0 Å². The number of hydrogen-bond acceptors (Lipinski definition) is 4. The maximum atomic E-state index is 15.3. The minimum atomic E-state index is -3.79. The van der Waals surface area contributed by atoms with E-state index in [-0.39, 0.29) is 48.1 Å². The zero-order chi connectivity index (χ0) is 24.9. The van der Waals surface area contributed by atoms with E-state index in [1.54, 1.807) is 22.9 Å². The quantitative estimate of drug-likeness (QED) is 0.495. The molecule has 186 valence electrons. The summed E-state index contributed by atoms with van der Waals surface area (Å²) in [6, 6.07) is 8.80. The highest BCUT2D eigenvalue weighted by molar-refractivity contribution is 7.89. The fraction of sp³-hybridized carbons (Fsp3) is 0.440. The Morgan fingerprint density at radius 2 is 1.94 bits per heavy atom. The van der Waals surface area contributed by atoms with E-state index in [1.807, 2.05) is 6.92 Å². The van der Waals surface area contributed by atoms with Crippen LogP contribution in [-0.4, -0.2) is 46.7 Å². The minimum Gasteiger partial charge on any atom is -0.481 e. The van der Waals surface area contributed by atoms with Crippen molar-refractivity contribution < 1.29 is 22.7 Å². The molecule has 1 saturated heterocycles. The average Bonchev–Trinajstić information content (AvgIpc) is 3.53. The number of aromatic nitrogens is 2. The molecule has 2 fully saturated rings.